The van der Waals surface area contributed by atoms with E-state index in [1.54, 1.807) is 18.2 Å². The zero-order chi connectivity index (χ0) is 35.9. The van der Waals surface area contributed by atoms with Crippen LogP contribution < -0.4 is 10.6 Å². The molecule has 0 radical (unpaired) electrons. The van der Waals surface area contributed by atoms with Gasteiger partial charge in [-0.1, -0.05) is 142 Å². The molecule has 0 aliphatic carbocycles. The molecule has 0 atom stereocenters. The maximum atomic E-state index is 13.4. The quantitative estimate of drug-likeness (QED) is 0.131. The van der Waals surface area contributed by atoms with E-state index in [-0.39, 0.29) is 11.4 Å². The summed E-state index contributed by atoms with van der Waals surface area (Å²) in [6, 6.07) is 42.0. The Morgan fingerprint density at radius 1 is 0.462 bits per heavy atom. The summed E-state index contributed by atoms with van der Waals surface area (Å²) in [5, 5.41) is 6.82. The van der Waals surface area contributed by atoms with Gasteiger partial charge in [-0.3, -0.25) is 20.2 Å². The molecule has 0 bridgehead atoms. The van der Waals surface area contributed by atoms with Crippen LogP contribution in [0.3, 0.4) is 0 Å². The van der Waals surface area contributed by atoms with Crippen LogP contribution in [0.25, 0.3) is 44.8 Å². The third-order valence-corrected chi connectivity index (χ3v) is 10.6. The highest BCUT2D eigenvalue weighted by Crippen LogP contribution is 2.35. The maximum Gasteiger partial charge on any atom is 0.276 e. The minimum Gasteiger partial charge on any atom is -0.296 e. The third kappa shape index (κ3) is 7.91. The summed E-state index contributed by atoms with van der Waals surface area (Å²) >= 11 is 2.93. The average Bonchev–Trinajstić information content (AvgIpc) is 3.79. The van der Waals surface area contributed by atoms with Gasteiger partial charge in [0.25, 0.3) is 11.8 Å². The standard InChI is InChI=1S/C43H37N5O2S2/c1-3-12-36-38(32-24-20-30(21-25-32)28-14-7-5-8-15-28)45-42(51-36)47-40(49)34-18-11-19-35(44-34)41(50)48-43-46-39(37(52-43)13-4-2)33-26-22-31(23-27-33)29-16-9-6-10-17-29/h5-11,14-27H,3-4,12-13H2,1-2H3,(H,45,47,49)(H,46,48,50). The highest BCUT2D eigenvalue weighted by Gasteiger charge is 2.20. The number of pyridine rings is 1. The normalized spacial score (nSPS) is 11.0. The molecule has 258 valence electrons. The molecule has 2 N–H and O–H groups in total. The number of nitrogens with zero attached hydrogens (tertiary/aromatic N) is 3. The van der Waals surface area contributed by atoms with Crippen LogP contribution in [0.5, 0.6) is 0 Å². The summed E-state index contributed by atoms with van der Waals surface area (Å²) in [6.07, 6.45) is 3.58. The number of carbonyl (C=O) groups excluding carboxylic acids is 2. The molecule has 0 fully saturated rings. The molecule has 52 heavy (non-hydrogen) atoms. The summed E-state index contributed by atoms with van der Waals surface area (Å²) in [7, 11) is 0. The first kappa shape index (κ1) is 34.7. The SMILES string of the molecule is CCCc1sc(NC(=O)c2cccc(C(=O)Nc3nc(-c4ccc(-c5ccccc5)cc4)c(CCC)s3)n2)nc1-c1ccc(-c2ccccc2)cc1. The van der Waals surface area contributed by atoms with E-state index in [2.05, 4.69) is 102 Å². The number of hydrogen-bond acceptors (Lipinski definition) is 7. The van der Waals surface area contributed by atoms with Gasteiger partial charge >= 0.3 is 0 Å². The van der Waals surface area contributed by atoms with Crippen LogP contribution in [0.2, 0.25) is 0 Å². The fraction of sp³-hybridized carbons (Fsp3) is 0.140. The van der Waals surface area contributed by atoms with Crippen molar-refractivity contribution in [1.29, 1.82) is 0 Å². The maximum absolute atomic E-state index is 13.4. The van der Waals surface area contributed by atoms with Crippen molar-refractivity contribution in [3.8, 4) is 44.8 Å². The molecule has 0 saturated carbocycles. The van der Waals surface area contributed by atoms with Crippen LogP contribution >= 0.6 is 22.7 Å². The van der Waals surface area contributed by atoms with Gasteiger partial charge in [0.1, 0.15) is 11.4 Å². The van der Waals surface area contributed by atoms with E-state index in [0.717, 1.165) is 80.2 Å². The van der Waals surface area contributed by atoms with Gasteiger partial charge in [-0.15, -0.1) is 22.7 Å². The van der Waals surface area contributed by atoms with Gasteiger partial charge in [-0.2, -0.15) is 0 Å². The Morgan fingerprint density at radius 2 is 0.827 bits per heavy atom. The monoisotopic (exact) mass is 719 g/mol. The van der Waals surface area contributed by atoms with Gasteiger partial charge in [0.15, 0.2) is 10.3 Å². The van der Waals surface area contributed by atoms with Crippen molar-refractivity contribution in [1.82, 2.24) is 15.0 Å². The molecule has 0 spiro atoms. The lowest BCUT2D eigenvalue weighted by atomic mass is 10.0. The fourth-order valence-corrected chi connectivity index (χ4v) is 8.13. The Balaban J connectivity index is 1.05. The molecule has 7 rings (SSSR count). The van der Waals surface area contributed by atoms with Crippen molar-refractivity contribution in [2.45, 2.75) is 39.5 Å². The van der Waals surface area contributed by atoms with Crippen LogP contribution in [0, 0.1) is 0 Å². The Labute approximate surface area is 311 Å². The molecule has 0 aliphatic heterocycles. The number of amides is 2. The van der Waals surface area contributed by atoms with Gasteiger partial charge in [0.05, 0.1) is 11.4 Å². The summed E-state index contributed by atoms with van der Waals surface area (Å²) < 4.78 is 0. The number of rotatable bonds is 12. The first-order valence-electron chi connectivity index (χ1n) is 17.4. The topological polar surface area (TPSA) is 96.9 Å². The van der Waals surface area contributed by atoms with E-state index in [1.807, 2.05) is 36.4 Å². The Morgan fingerprint density at radius 3 is 1.21 bits per heavy atom. The zero-order valence-corrected chi connectivity index (χ0v) is 30.6. The van der Waals surface area contributed by atoms with Crippen molar-refractivity contribution in [3.05, 3.63) is 149 Å². The van der Waals surface area contributed by atoms with Gasteiger partial charge in [0, 0.05) is 20.9 Å². The number of thiazole rings is 2. The van der Waals surface area contributed by atoms with Crippen molar-refractivity contribution in [2.75, 3.05) is 10.6 Å². The Kier molecular flexibility index (Phi) is 10.7. The van der Waals surface area contributed by atoms with E-state index < -0.39 is 11.8 Å². The molecular weight excluding hydrogens is 683 g/mol. The molecule has 3 aromatic heterocycles. The highest BCUT2D eigenvalue weighted by atomic mass is 32.1. The molecule has 7 nitrogen and oxygen atoms in total. The highest BCUT2D eigenvalue weighted by molar-refractivity contribution is 7.16. The second-order valence-electron chi connectivity index (χ2n) is 12.3. The summed E-state index contributed by atoms with van der Waals surface area (Å²) in [4.78, 5) is 43.1. The second-order valence-corrected chi connectivity index (χ2v) is 14.5. The molecule has 3 heterocycles. The van der Waals surface area contributed by atoms with Crippen LogP contribution in [0.1, 0.15) is 57.4 Å². The minimum absolute atomic E-state index is 0.124. The molecule has 0 saturated heterocycles. The number of aryl methyl sites for hydroxylation is 2. The predicted molar refractivity (Wildman–Crippen MR) is 214 cm³/mol. The Bertz CT molecular complexity index is 2140. The smallest absolute Gasteiger partial charge is 0.276 e. The van der Waals surface area contributed by atoms with E-state index in [1.165, 1.54) is 22.7 Å². The van der Waals surface area contributed by atoms with E-state index in [9.17, 15) is 9.59 Å². The number of hydrogen-bond donors (Lipinski definition) is 2. The van der Waals surface area contributed by atoms with Crippen LogP contribution in [-0.2, 0) is 12.8 Å². The average molecular weight is 720 g/mol. The van der Waals surface area contributed by atoms with Gasteiger partial charge in [-0.05, 0) is 47.2 Å². The molecule has 2 amide bonds. The predicted octanol–water partition coefficient (Wildman–Crippen LogP) is 11.1. The van der Waals surface area contributed by atoms with E-state index >= 15 is 0 Å². The first-order chi connectivity index (χ1) is 25.5. The largest absolute Gasteiger partial charge is 0.296 e. The van der Waals surface area contributed by atoms with Crippen LogP contribution in [0.15, 0.2) is 127 Å². The molecular formula is C43H37N5O2S2. The van der Waals surface area contributed by atoms with Crippen molar-refractivity contribution >= 4 is 44.8 Å². The number of carbonyl (C=O) groups is 2. The zero-order valence-electron chi connectivity index (χ0n) is 28.9. The molecule has 7 aromatic rings. The Hall–Kier alpha value is -5.77. The van der Waals surface area contributed by atoms with E-state index in [4.69, 9.17) is 9.97 Å². The first-order valence-corrected chi connectivity index (χ1v) is 19.0. The number of anilines is 2. The second kappa shape index (κ2) is 16.1. The third-order valence-electron chi connectivity index (χ3n) is 8.54. The lowest BCUT2D eigenvalue weighted by Gasteiger charge is -2.05. The van der Waals surface area contributed by atoms with Gasteiger partial charge < -0.3 is 0 Å². The lowest BCUT2D eigenvalue weighted by molar-refractivity contribution is 0.101. The van der Waals surface area contributed by atoms with Gasteiger partial charge in [0.2, 0.25) is 0 Å². The van der Waals surface area contributed by atoms with E-state index in [0.29, 0.717) is 10.3 Å². The van der Waals surface area contributed by atoms with Crippen molar-refractivity contribution in [2.24, 2.45) is 0 Å². The summed E-state index contributed by atoms with van der Waals surface area (Å²) in [5.41, 5.74) is 8.52. The number of benzene rings is 4. The van der Waals surface area contributed by atoms with Crippen molar-refractivity contribution in [3.63, 3.8) is 0 Å². The van der Waals surface area contributed by atoms with Crippen LogP contribution in [0.4, 0.5) is 10.3 Å². The van der Waals surface area contributed by atoms with Crippen LogP contribution in [-0.4, -0.2) is 26.8 Å². The van der Waals surface area contributed by atoms with Crippen molar-refractivity contribution < 1.29 is 9.59 Å². The molecule has 9 heteroatoms. The summed E-state index contributed by atoms with van der Waals surface area (Å²) in [6.45, 7) is 4.25. The minimum atomic E-state index is -0.432. The molecule has 0 unspecified atom stereocenters. The molecule has 0 aliphatic rings. The molecule has 4 aromatic carbocycles. The fourth-order valence-electron chi connectivity index (χ4n) is 5.97. The summed E-state index contributed by atoms with van der Waals surface area (Å²) in [5.74, 6) is -0.865. The van der Waals surface area contributed by atoms with Gasteiger partial charge in [-0.25, -0.2) is 15.0 Å². The number of nitrogens with one attached hydrogen (secondary N) is 2. The number of aromatic nitrogens is 3. The lowest BCUT2D eigenvalue weighted by Crippen LogP contribution is -2.18.